The van der Waals surface area contributed by atoms with Crippen LogP contribution in [-0.2, 0) is 9.57 Å². The maximum Gasteiger partial charge on any atom is 0.419 e. The number of benzene rings is 2. The third-order valence-electron chi connectivity index (χ3n) is 5.91. The fourth-order valence-electron chi connectivity index (χ4n) is 4.61. The first-order valence-corrected chi connectivity index (χ1v) is 11.5. The van der Waals surface area contributed by atoms with Crippen molar-refractivity contribution in [2.75, 3.05) is 13.2 Å². The second kappa shape index (κ2) is 7.66. The standard InChI is InChI=1S/C25H25BrN2O4/c1-14-21(17-7-5-6-8-19(17)28(14)24(29)32-25(2,3)4)22-18-11-16(26)9-10-20(18)30-12-15-13-31-27-23(15)22/h5-11,15,22H,12-13H2,1-4H3/t15-,22-/m1/s1. The fraction of sp³-hybridized carbons (Fsp3) is 0.360. The van der Waals surface area contributed by atoms with Gasteiger partial charge in [0.25, 0.3) is 0 Å². The van der Waals surface area contributed by atoms with Crippen molar-refractivity contribution in [2.24, 2.45) is 11.1 Å². The second-order valence-electron chi connectivity index (χ2n) is 9.27. The van der Waals surface area contributed by atoms with Gasteiger partial charge in [0, 0.05) is 21.1 Å². The number of para-hydroxylation sites is 1. The number of aromatic nitrogens is 1. The number of nitrogens with zero attached hydrogens (tertiary/aromatic N) is 2. The van der Waals surface area contributed by atoms with Crippen LogP contribution in [0.5, 0.6) is 5.75 Å². The van der Waals surface area contributed by atoms with Crippen molar-refractivity contribution in [3.8, 4) is 5.75 Å². The number of oxime groups is 1. The molecule has 2 atom stereocenters. The number of hydrogen-bond donors (Lipinski definition) is 0. The van der Waals surface area contributed by atoms with Gasteiger partial charge in [-0.05, 0) is 57.5 Å². The van der Waals surface area contributed by atoms with E-state index in [1.165, 1.54) is 0 Å². The second-order valence-corrected chi connectivity index (χ2v) is 10.2. The molecule has 2 aromatic carbocycles. The molecule has 0 spiro atoms. The van der Waals surface area contributed by atoms with Gasteiger partial charge in [-0.2, -0.15) is 0 Å². The Balaban J connectivity index is 1.78. The van der Waals surface area contributed by atoms with Crippen LogP contribution in [0.3, 0.4) is 0 Å². The summed E-state index contributed by atoms with van der Waals surface area (Å²) >= 11 is 3.61. The van der Waals surface area contributed by atoms with Crippen molar-refractivity contribution >= 4 is 38.6 Å². The lowest BCUT2D eigenvalue weighted by Crippen LogP contribution is -2.28. The van der Waals surface area contributed by atoms with E-state index in [-0.39, 0.29) is 11.8 Å². The van der Waals surface area contributed by atoms with E-state index in [2.05, 4.69) is 27.2 Å². The molecule has 0 amide bonds. The summed E-state index contributed by atoms with van der Waals surface area (Å²) in [4.78, 5) is 18.8. The minimum absolute atomic E-state index is 0.0502. The summed E-state index contributed by atoms with van der Waals surface area (Å²) in [5, 5.41) is 5.45. The van der Waals surface area contributed by atoms with Gasteiger partial charge in [0.2, 0.25) is 0 Å². The van der Waals surface area contributed by atoms with Gasteiger partial charge in [-0.3, -0.25) is 0 Å². The Kier molecular flexibility index (Phi) is 5.04. The van der Waals surface area contributed by atoms with E-state index in [0.29, 0.717) is 13.2 Å². The molecule has 6 nitrogen and oxygen atoms in total. The van der Waals surface area contributed by atoms with Crippen LogP contribution in [0, 0.1) is 12.8 Å². The van der Waals surface area contributed by atoms with E-state index < -0.39 is 11.7 Å². The molecule has 3 heterocycles. The molecule has 3 aromatic rings. The molecule has 0 aliphatic carbocycles. The number of hydrogen-bond acceptors (Lipinski definition) is 5. The molecule has 0 saturated heterocycles. The van der Waals surface area contributed by atoms with Crippen LogP contribution in [0.2, 0.25) is 0 Å². The lowest BCUT2D eigenvalue weighted by molar-refractivity contribution is 0.0541. The summed E-state index contributed by atoms with van der Waals surface area (Å²) in [6.07, 6.45) is -0.391. The summed E-state index contributed by atoms with van der Waals surface area (Å²) in [7, 11) is 0. The maximum atomic E-state index is 13.2. The Bertz CT molecular complexity index is 1250. The zero-order valence-corrected chi connectivity index (χ0v) is 20.1. The van der Waals surface area contributed by atoms with Gasteiger partial charge < -0.3 is 14.3 Å². The summed E-state index contributed by atoms with van der Waals surface area (Å²) in [5.74, 6) is 0.670. The highest BCUT2D eigenvalue weighted by Crippen LogP contribution is 2.45. The van der Waals surface area contributed by atoms with Gasteiger partial charge in [0.05, 0.1) is 29.7 Å². The Morgan fingerprint density at radius 1 is 1.19 bits per heavy atom. The molecule has 0 fully saturated rings. The Hall–Kier alpha value is -2.80. The first-order valence-electron chi connectivity index (χ1n) is 10.7. The molecule has 32 heavy (non-hydrogen) atoms. The maximum absolute atomic E-state index is 13.2. The molecule has 0 N–H and O–H groups in total. The molecule has 0 saturated carbocycles. The van der Waals surface area contributed by atoms with E-state index in [1.54, 1.807) is 4.57 Å². The molecule has 5 rings (SSSR count). The molecule has 2 aliphatic heterocycles. The van der Waals surface area contributed by atoms with Crippen molar-refractivity contribution in [1.82, 2.24) is 4.57 Å². The Labute approximate surface area is 195 Å². The van der Waals surface area contributed by atoms with Crippen LogP contribution in [0.4, 0.5) is 4.79 Å². The average Bonchev–Trinajstić information content (AvgIpc) is 3.25. The smallest absolute Gasteiger partial charge is 0.419 e. The van der Waals surface area contributed by atoms with Crippen molar-refractivity contribution < 1.29 is 19.1 Å². The van der Waals surface area contributed by atoms with Gasteiger partial charge in [0.15, 0.2) is 0 Å². The predicted molar refractivity (Wildman–Crippen MR) is 127 cm³/mol. The number of halogens is 1. The van der Waals surface area contributed by atoms with E-state index in [1.807, 2.05) is 64.1 Å². The van der Waals surface area contributed by atoms with Crippen LogP contribution in [0.15, 0.2) is 52.1 Å². The van der Waals surface area contributed by atoms with E-state index in [4.69, 9.17) is 14.3 Å². The predicted octanol–water partition coefficient (Wildman–Crippen LogP) is 6.02. The number of carbonyl (C=O) groups excluding carboxylic acids is 1. The van der Waals surface area contributed by atoms with E-state index in [9.17, 15) is 4.79 Å². The monoisotopic (exact) mass is 496 g/mol. The van der Waals surface area contributed by atoms with Crippen LogP contribution in [0.25, 0.3) is 10.9 Å². The van der Waals surface area contributed by atoms with E-state index >= 15 is 0 Å². The van der Waals surface area contributed by atoms with Gasteiger partial charge in [-0.1, -0.05) is 39.3 Å². The Morgan fingerprint density at radius 3 is 2.75 bits per heavy atom. The minimum atomic E-state index is -0.600. The number of carbonyl (C=O) groups is 1. The SMILES string of the molecule is Cc1c([C@@H]2C3=NOC[C@H]3COc3ccc(Br)cc32)c2ccccc2n1C(=O)OC(C)(C)C. The fourth-order valence-corrected chi connectivity index (χ4v) is 4.99. The number of rotatable bonds is 1. The zero-order chi connectivity index (χ0) is 22.6. The number of fused-ring (bicyclic) bond motifs is 3. The summed E-state index contributed by atoms with van der Waals surface area (Å²) in [6.45, 7) is 8.59. The summed E-state index contributed by atoms with van der Waals surface area (Å²) < 4.78 is 14.5. The van der Waals surface area contributed by atoms with Gasteiger partial charge >= 0.3 is 6.09 Å². The van der Waals surface area contributed by atoms with Crippen LogP contribution < -0.4 is 4.74 Å². The molecule has 2 aliphatic rings. The first-order chi connectivity index (χ1) is 15.2. The highest BCUT2D eigenvalue weighted by molar-refractivity contribution is 9.10. The van der Waals surface area contributed by atoms with Crippen molar-refractivity contribution in [3.05, 3.63) is 63.8 Å². The highest BCUT2D eigenvalue weighted by atomic mass is 79.9. The van der Waals surface area contributed by atoms with Crippen molar-refractivity contribution in [1.29, 1.82) is 0 Å². The van der Waals surface area contributed by atoms with Gasteiger partial charge in [-0.25, -0.2) is 9.36 Å². The first kappa shape index (κ1) is 21.1. The average molecular weight is 497 g/mol. The largest absolute Gasteiger partial charge is 0.492 e. The third kappa shape index (κ3) is 3.48. The van der Waals surface area contributed by atoms with Crippen LogP contribution in [0.1, 0.15) is 43.5 Å². The molecular formula is C25H25BrN2O4. The number of ether oxygens (including phenoxy) is 2. The van der Waals surface area contributed by atoms with Gasteiger partial charge in [-0.15, -0.1) is 0 Å². The Morgan fingerprint density at radius 2 is 1.97 bits per heavy atom. The molecule has 166 valence electrons. The molecule has 0 bridgehead atoms. The van der Waals surface area contributed by atoms with E-state index in [0.717, 1.165) is 43.7 Å². The quantitative estimate of drug-likeness (QED) is 0.413. The molecule has 1 aromatic heterocycles. The summed E-state index contributed by atoms with van der Waals surface area (Å²) in [5.41, 5.74) is 3.99. The highest BCUT2D eigenvalue weighted by Gasteiger charge is 2.40. The minimum Gasteiger partial charge on any atom is -0.492 e. The van der Waals surface area contributed by atoms with Crippen molar-refractivity contribution in [2.45, 2.75) is 39.2 Å². The normalized spacial score (nSPS) is 20.0. The third-order valence-corrected chi connectivity index (χ3v) is 6.40. The lowest BCUT2D eigenvalue weighted by atomic mass is 9.81. The van der Waals surface area contributed by atoms with Crippen LogP contribution in [-0.4, -0.2) is 35.2 Å². The summed E-state index contributed by atoms with van der Waals surface area (Å²) in [6, 6.07) is 14.0. The topological polar surface area (TPSA) is 62.0 Å². The molecule has 7 heteroatoms. The lowest BCUT2D eigenvalue weighted by Gasteiger charge is -2.21. The molecular weight excluding hydrogens is 472 g/mol. The van der Waals surface area contributed by atoms with Crippen LogP contribution >= 0.6 is 15.9 Å². The zero-order valence-electron chi connectivity index (χ0n) is 18.5. The molecule has 0 radical (unpaired) electrons. The van der Waals surface area contributed by atoms with Gasteiger partial charge in [0.1, 0.15) is 18.0 Å². The van der Waals surface area contributed by atoms with Crippen molar-refractivity contribution in [3.63, 3.8) is 0 Å². The molecule has 0 unspecified atom stereocenters.